The summed E-state index contributed by atoms with van der Waals surface area (Å²) in [4.78, 5) is 73.5. The molecule has 316 valence electrons. The van der Waals surface area contributed by atoms with Crippen molar-refractivity contribution in [1.82, 2.24) is 0 Å². The molecule has 0 radical (unpaired) electrons. The van der Waals surface area contributed by atoms with Gasteiger partial charge in [0.15, 0.2) is 11.6 Å². The summed E-state index contributed by atoms with van der Waals surface area (Å²) in [6.45, 7) is 3.82. The number of anilines is 2. The lowest BCUT2D eigenvalue weighted by Gasteiger charge is -2.14. The number of nitrogens with one attached hydrogen (secondary N) is 2. The van der Waals surface area contributed by atoms with Gasteiger partial charge in [0, 0.05) is 19.8 Å². The van der Waals surface area contributed by atoms with E-state index in [1.807, 2.05) is 19.9 Å². The molecule has 0 aliphatic carbocycles. The van der Waals surface area contributed by atoms with Crippen molar-refractivity contribution in [1.29, 1.82) is 0 Å². The van der Waals surface area contributed by atoms with Crippen LogP contribution >= 0.6 is 62.1 Å². The predicted octanol–water partition coefficient (Wildman–Crippen LogP) is 9.92. The van der Waals surface area contributed by atoms with Gasteiger partial charge in [-0.05, 0) is 60.4 Å². The van der Waals surface area contributed by atoms with Crippen LogP contribution in [0, 0.1) is 0 Å². The monoisotopic (exact) mass is 964 g/mol. The normalized spacial score (nSPS) is 10.9. The summed E-state index contributed by atoms with van der Waals surface area (Å²) >= 11 is 7.74. The van der Waals surface area contributed by atoms with Crippen LogP contribution < -0.4 is 15.4 Å². The number of hydrogen-bond donors (Lipinski definition) is 4. The third kappa shape index (κ3) is 14.6. The number of ether oxygens (including phenoxy) is 1. The fourth-order valence-corrected chi connectivity index (χ4v) is 8.69. The topological polar surface area (TPSA) is 176 Å². The standard InChI is InChI=1S/C24H20F3NO5S2.C17H16BrNO4S2/c1-2-16-11-18(23(35-16)28-20(29)12-34-13-21(30)31)22(32)17-10-15(14-6-4-3-5-7-14)8-9-19(17)33-24(25,26)27;1-2-12-7-13(16(23)10-4-3-5-11(18)6-10)17(25-12)19-14(20)8-24-9-15(21)22/h3-11H,2,12-13H2,1H3,(H,28,29)(H,30,31);3-7H,2,8-9H2,1H3,(H,19,20)(H,21,22). The van der Waals surface area contributed by atoms with Gasteiger partial charge in [0.05, 0.1) is 39.7 Å². The van der Waals surface area contributed by atoms with Gasteiger partial charge in [-0.15, -0.1) is 59.4 Å². The molecule has 11 nitrogen and oxygen atoms in total. The van der Waals surface area contributed by atoms with Crippen LogP contribution in [0.3, 0.4) is 0 Å². The minimum Gasteiger partial charge on any atom is -0.481 e. The van der Waals surface area contributed by atoms with E-state index in [0.29, 0.717) is 33.7 Å². The summed E-state index contributed by atoms with van der Waals surface area (Å²) in [5.41, 5.74) is 1.93. The van der Waals surface area contributed by atoms with Gasteiger partial charge in [-0.3, -0.25) is 28.8 Å². The number of carbonyl (C=O) groups is 6. The van der Waals surface area contributed by atoms with Crippen LogP contribution in [-0.4, -0.2) is 74.9 Å². The highest BCUT2D eigenvalue weighted by molar-refractivity contribution is 9.10. The predicted molar refractivity (Wildman–Crippen MR) is 234 cm³/mol. The van der Waals surface area contributed by atoms with Crippen molar-refractivity contribution in [3.05, 3.63) is 121 Å². The van der Waals surface area contributed by atoms with Gasteiger partial charge in [-0.25, -0.2) is 0 Å². The highest BCUT2D eigenvalue weighted by atomic mass is 79.9. The maximum atomic E-state index is 13.5. The Hall–Kier alpha value is -4.95. The summed E-state index contributed by atoms with van der Waals surface area (Å²) in [5, 5.41) is 23.3. The molecule has 5 aromatic rings. The molecule has 0 bridgehead atoms. The Labute approximate surface area is 367 Å². The smallest absolute Gasteiger partial charge is 0.481 e. The van der Waals surface area contributed by atoms with E-state index in [1.54, 1.807) is 54.6 Å². The third-order valence-electron chi connectivity index (χ3n) is 7.82. The second kappa shape index (κ2) is 22.6. The summed E-state index contributed by atoms with van der Waals surface area (Å²) in [6, 6.07) is 23.1. The molecular weight excluding hydrogens is 930 g/mol. The summed E-state index contributed by atoms with van der Waals surface area (Å²) in [7, 11) is 0. The zero-order valence-corrected chi connectivity index (χ0v) is 36.6. The number of hydrogen-bond acceptors (Lipinski definition) is 11. The maximum Gasteiger partial charge on any atom is 0.573 e. The average molecular weight is 966 g/mol. The number of carboxylic acids is 2. The highest BCUT2D eigenvalue weighted by Gasteiger charge is 2.34. The Morgan fingerprint density at radius 1 is 0.650 bits per heavy atom. The molecule has 0 saturated carbocycles. The van der Waals surface area contributed by atoms with Crippen molar-refractivity contribution in [3.8, 4) is 16.9 Å². The van der Waals surface area contributed by atoms with E-state index in [0.717, 1.165) is 61.6 Å². The molecule has 0 spiro atoms. The number of aliphatic carboxylic acids is 2. The molecule has 0 unspecified atom stereocenters. The molecular formula is C41H36BrF3N2O9S4. The number of amides is 2. The Morgan fingerprint density at radius 2 is 1.18 bits per heavy atom. The second-order valence-electron chi connectivity index (χ2n) is 12.3. The van der Waals surface area contributed by atoms with Crippen molar-refractivity contribution >= 4 is 107 Å². The van der Waals surface area contributed by atoms with Crippen molar-refractivity contribution in [2.75, 3.05) is 33.6 Å². The van der Waals surface area contributed by atoms with Crippen LogP contribution in [0.25, 0.3) is 11.1 Å². The first-order chi connectivity index (χ1) is 28.5. The van der Waals surface area contributed by atoms with E-state index in [-0.39, 0.29) is 50.8 Å². The number of alkyl halides is 3. The Balaban J connectivity index is 0.000000280. The van der Waals surface area contributed by atoms with E-state index >= 15 is 0 Å². The van der Waals surface area contributed by atoms with Crippen LogP contribution in [0.2, 0.25) is 0 Å². The van der Waals surface area contributed by atoms with Crippen molar-refractivity contribution < 1.29 is 56.9 Å². The van der Waals surface area contributed by atoms with E-state index in [1.165, 1.54) is 29.5 Å². The van der Waals surface area contributed by atoms with Gasteiger partial charge in [0.2, 0.25) is 11.8 Å². The molecule has 19 heteroatoms. The number of ketones is 2. The van der Waals surface area contributed by atoms with Crippen molar-refractivity contribution in [2.45, 2.75) is 33.1 Å². The molecule has 2 aromatic heterocycles. The molecule has 0 fully saturated rings. The SMILES string of the molecule is CCc1cc(C(=O)c2cc(-c3ccccc3)ccc2OC(F)(F)F)c(NC(=O)CSCC(=O)O)s1.CCc1cc(C(=O)c2cccc(Br)c2)c(NC(=O)CSCC(=O)O)s1. The number of aryl methyl sites for hydroxylation is 2. The first-order valence-corrected chi connectivity index (χ1v) is 22.5. The lowest BCUT2D eigenvalue weighted by Crippen LogP contribution is -2.20. The quantitative estimate of drug-likeness (QED) is 0.0615. The fourth-order valence-electron chi connectivity index (χ4n) is 5.20. The number of carboxylic acid groups (broad SMARTS) is 2. The van der Waals surface area contributed by atoms with Gasteiger partial charge < -0.3 is 25.6 Å². The van der Waals surface area contributed by atoms with Gasteiger partial charge in [-0.1, -0.05) is 78.3 Å². The van der Waals surface area contributed by atoms with Gasteiger partial charge in [0.25, 0.3) is 0 Å². The van der Waals surface area contributed by atoms with Crippen LogP contribution in [-0.2, 0) is 32.0 Å². The number of carbonyl (C=O) groups excluding carboxylic acids is 4. The second-order valence-corrected chi connectivity index (χ2v) is 17.4. The Morgan fingerprint density at radius 3 is 1.67 bits per heavy atom. The van der Waals surface area contributed by atoms with Gasteiger partial charge in [-0.2, -0.15) is 0 Å². The largest absolute Gasteiger partial charge is 0.573 e. The van der Waals surface area contributed by atoms with Crippen LogP contribution in [0.4, 0.5) is 23.2 Å². The summed E-state index contributed by atoms with van der Waals surface area (Å²) in [5.74, 6) is -4.99. The molecule has 0 atom stereocenters. The zero-order chi connectivity index (χ0) is 44.0. The lowest BCUT2D eigenvalue weighted by molar-refractivity contribution is -0.274. The number of rotatable bonds is 18. The minimum atomic E-state index is -5.01. The molecule has 2 heterocycles. The van der Waals surface area contributed by atoms with E-state index in [9.17, 15) is 41.9 Å². The molecule has 0 aliphatic rings. The van der Waals surface area contributed by atoms with Crippen molar-refractivity contribution in [2.24, 2.45) is 0 Å². The molecule has 0 saturated heterocycles. The minimum absolute atomic E-state index is 0.0240. The first-order valence-electron chi connectivity index (χ1n) is 17.7. The van der Waals surface area contributed by atoms with Gasteiger partial charge >= 0.3 is 18.3 Å². The molecule has 4 N–H and O–H groups in total. The van der Waals surface area contributed by atoms with Crippen molar-refractivity contribution in [3.63, 3.8) is 0 Å². The zero-order valence-electron chi connectivity index (χ0n) is 31.7. The molecule has 60 heavy (non-hydrogen) atoms. The van der Waals surface area contributed by atoms with E-state index in [2.05, 4.69) is 31.3 Å². The Kier molecular flexibility index (Phi) is 18.0. The lowest BCUT2D eigenvalue weighted by atomic mass is 9.97. The molecule has 2 amide bonds. The first kappa shape index (κ1) is 47.7. The molecule has 3 aromatic carbocycles. The summed E-state index contributed by atoms with van der Waals surface area (Å²) < 4.78 is 44.1. The number of thioether (sulfide) groups is 2. The van der Waals surface area contributed by atoms with Crippen LogP contribution in [0.1, 0.15) is 55.4 Å². The maximum absolute atomic E-state index is 13.5. The van der Waals surface area contributed by atoms with E-state index in [4.69, 9.17) is 10.2 Å². The molecule has 0 aliphatic heterocycles. The average Bonchev–Trinajstić information content (AvgIpc) is 3.80. The third-order valence-corrected chi connectivity index (χ3v) is 12.5. The fraction of sp³-hybridized carbons (Fsp3) is 0.220. The number of benzene rings is 3. The molecule has 5 rings (SSSR count). The Bertz CT molecular complexity index is 2350. The summed E-state index contributed by atoms with van der Waals surface area (Å²) in [6.07, 6.45) is -3.72. The van der Waals surface area contributed by atoms with E-state index < -0.39 is 35.7 Å². The number of halogens is 4. The van der Waals surface area contributed by atoms with Crippen LogP contribution in [0.5, 0.6) is 5.75 Å². The van der Waals surface area contributed by atoms with Gasteiger partial charge in [0.1, 0.15) is 15.8 Å². The van der Waals surface area contributed by atoms with Crippen LogP contribution in [0.15, 0.2) is 89.4 Å². The highest BCUT2D eigenvalue weighted by Crippen LogP contribution is 2.37. The number of thiophene rings is 2.